The van der Waals surface area contributed by atoms with E-state index in [-0.39, 0.29) is 11.7 Å². The molecule has 6 heteroatoms. The standard InChI is InChI=1S/C13H17N3O3/c1-8(14)7-10-15-11(13(17)19-3)12-9(18-2)5-4-6-16(10)12/h4-6,8H,7,14H2,1-3H3. The van der Waals surface area contributed by atoms with Gasteiger partial charge < -0.3 is 15.2 Å². The molecule has 0 aliphatic heterocycles. The summed E-state index contributed by atoms with van der Waals surface area (Å²) in [7, 11) is 2.88. The summed E-state index contributed by atoms with van der Waals surface area (Å²) >= 11 is 0. The minimum absolute atomic E-state index is 0.0534. The predicted molar refractivity (Wildman–Crippen MR) is 70.4 cm³/mol. The van der Waals surface area contributed by atoms with E-state index in [1.807, 2.05) is 23.6 Å². The Hall–Kier alpha value is -2.08. The van der Waals surface area contributed by atoms with Crippen LogP contribution in [0.1, 0.15) is 23.2 Å². The number of aromatic nitrogens is 2. The molecule has 6 nitrogen and oxygen atoms in total. The molecule has 0 saturated heterocycles. The number of methoxy groups -OCH3 is 2. The Kier molecular flexibility index (Phi) is 3.71. The highest BCUT2D eigenvalue weighted by molar-refractivity contribution is 5.97. The Morgan fingerprint density at radius 2 is 2.26 bits per heavy atom. The van der Waals surface area contributed by atoms with Crippen LogP contribution in [0.5, 0.6) is 5.75 Å². The molecule has 2 aromatic rings. The first-order valence-corrected chi connectivity index (χ1v) is 5.96. The molecule has 2 heterocycles. The highest BCUT2D eigenvalue weighted by atomic mass is 16.5. The SMILES string of the molecule is COC(=O)c1nc(CC(C)N)n2cccc(OC)c12. The van der Waals surface area contributed by atoms with E-state index in [1.165, 1.54) is 7.11 Å². The number of rotatable bonds is 4. The molecule has 19 heavy (non-hydrogen) atoms. The summed E-state index contributed by atoms with van der Waals surface area (Å²) in [6.45, 7) is 1.89. The van der Waals surface area contributed by atoms with Crippen molar-refractivity contribution < 1.29 is 14.3 Å². The van der Waals surface area contributed by atoms with Crippen LogP contribution in [-0.2, 0) is 11.2 Å². The van der Waals surface area contributed by atoms with Crippen molar-refractivity contribution in [3.63, 3.8) is 0 Å². The lowest BCUT2D eigenvalue weighted by Gasteiger charge is -2.06. The van der Waals surface area contributed by atoms with Gasteiger partial charge in [-0.3, -0.25) is 4.40 Å². The number of carbonyl (C=O) groups excluding carboxylic acids is 1. The third-order valence-corrected chi connectivity index (χ3v) is 2.80. The molecule has 0 saturated carbocycles. The molecule has 1 unspecified atom stereocenters. The van der Waals surface area contributed by atoms with Gasteiger partial charge in [-0.1, -0.05) is 0 Å². The molecule has 0 spiro atoms. The first-order chi connectivity index (χ1) is 9.08. The normalized spacial score (nSPS) is 12.4. The van der Waals surface area contributed by atoms with E-state index in [4.69, 9.17) is 15.2 Å². The van der Waals surface area contributed by atoms with Gasteiger partial charge in [0.1, 0.15) is 17.1 Å². The summed E-state index contributed by atoms with van der Waals surface area (Å²) in [5, 5.41) is 0. The molecule has 0 amide bonds. The number of nitrogens with two attached hydrogens (primary N) is 1. The fourth-order valence-electron chi connectivity index (χ4n) is 2.01. The zero-order chi connectivity index (χ0) is 14.0. The highest BCUT2D eigenvalue weighted by Crippen LogP contribution is 2.25. The number of hydrogen-bond acceptors (Lipinski definition) is 5. The molecule has 0 aliphatic rings. The number of nitrogens with zero attached hydrogens (tertiary/aromatic N) is 2. The average Bonchev–Trinajstić information content (AvgIpc) is 2.76. The van der Waals surface area contributed by atoms with Crippen molar-refractivity contribution in [1.82, 2.24) is 9.38 Å². The summed E-state index contributed by atoms with van der Waals surface area (Å²) < 4.78 is 11.9. The maximum Gasteiger partial charge on any atom is 0.359 e. The van der Waals surface area contributed by atoms with E-state index in [0.717, 1.165) is 0 Å². The minimum Gasteiger partial charge on any atom is -0.494 e. The number of hydrogen-bond donors (Lipinski definition) is 1. The van der Waals surface area contributed by atoms with Crippen LogP contribution in [0.4, 0.5) is 0 Å². The number of ether oxygens (including phenoxy) is 2. The van der Waals surface area contributed by atoms with E-state index in [9.17, 15) is 4.79 Å². The molecule has 0 aromatic carbocycles. The van der Waals surface area contributed by atoms with Crippen molar-refractivity contribution >= 4 is 11.5 Å². The van der Waals surface area contributed by atoms with Crippen LogP contribution >= 0.6 is 0 Å². The number of esters is 1. The smallest absolute Gasteiger partial charge is 0.359 e. The van der Waals surface area contributed by atoms with Gasteiger partial charge >= 0.3 is 5.97 Å². The maximum absolute atomic E-state index is 11.8. The zero-order valence-corrected chi connectivity index (χ0v) is 11.2. The molecule has 2 aromatic heterocycles. The summed E-state index contributed by atoms with van der Waals surface area (Å²) in [6.07, 6.45) is 2.39. The lowest BCUT2D eigenvalue weighted by molar-refractivity contribution is 0.0596. The molecule has 2 N–H and O–H groups in total. The van der Waals surface area contributed by atoms with Crippen LogP contribution in [0.25, 0.3) is 5.52 Å². The van der Waals surface area contributed by atoms with E-state index >= 15 is 0 Å². The van der Waals surface area contributed by atoms with Gasteiger partial charge in [-0.25, -0.2) is 9.78 Å². The van der Waals surface area contributed by atoms with Gasteiger partial charge in [-0.05, 0) is 19.1 Å². The summed E-state index contributed by atoms with van der Waals surface area (Å²) in [4.78, 5) is 16.1. The number of carbonyl (C=O) groups is 1. The Morgan fingerprint density at radius 3 is 2.84 bits per heavy atom. The van der Waals surface area contributed by atoms with Crippen molar-refractivity contribution in [3.8, 4) is 5.75 Å². The molecule has 0 aliphatic carbocycles. The van der Waals surface area contributed by atoms with E-state index in [1.54, 1.807) is 13.2 Å². The van der Waals surface area contributed by atoms with Gasteiger partial charge in [-0.2, -0.15) is 0 Å². The monoisotopic (exact) mass is 263 g/mol. The fourth-order valence-corrected chi connectivity index (χ4v) is 2.01. The van der Waals surface area contributed by atoms with Crippen molar-refractivity contribution in [2.75, 3.05) is 14.2 Å². The molecular weight excluding hydrogens is 246 g/mol. The van der Waals surface area contributed by atoms with Crippen LogP contribution in [0.15, 0.2) is 18.3 Å². The van der Waals surface area contributed by atoms with Crippen molar-refractivity contribution in [2.45, 2.75) is 19.4 Å². The average molecular weight is 263 g/mol. The van der Waals surface area contributed by atoms with Crippen LogP contribution in [0, 0.1) is 0 Å². The Morgan fingerprint density at radius 1 is 1.53 bits per heavy atom. The van der Waals surface area contributed by atoms with Gasteiger partial charge in [0.2, 0.25) is 0 Å². The first kappa shape index (κ1) is 13.4. The molecule has 0 bridgehead atoms. The maximum atomic E-state index is 11.8. The highest BCUT2D eigenvalue weighted by Gasteiger charge is 2.21. The molecule has 0 fully saturated rings. The fraction of sp³-hybridized carbons (Fsp3) is 0.385. The lowest BCUT2D eigenvalue weighted by atomic mass is 10.2. The second-order valence-corrected chi connectivity index (χ2v) is 4.34. The van der Waals surface area contributed by atoms with Crippen molar-refractivity contribution in [2.24, 2.45) is 5.73 Å². The zero-order valence-electron chi connectivity index (χ0n) is 11.2. The van der Waals surface area contributed by atoms with Gasteiger partial charge in [0.25, 0.3) is 0 Å². The van der Waals surface area contributed by atoms with Gasteiger partial charge in [0.05, 0.1) is 14.2 Å². The molecule has 2 rings (SSSR count). The van der Waals surface area contributed by atoms with E-state index in [0.29, 0.717) is 23.5 Å². The molecule has 102 valence electrons. The number of fused-ring (bicyclic) bond motifs is 1. The Bertz CT molecular complexity index is 604. The van der Waals surface area contributed by atoms with Gasteiger partial charge in [0, 0.05) is 18.7 Å². The topological polar surface area (TPSA) is 78.8 Å². The first-order valence-electron chi connectivity index (χ1n) is 5.96. The van der Waals surface area contributed by atoms with E-state index < -0.39 is 5.97 Å². The summed E-state index contributed by atoms with van der Waals surface area (Å²) in [6, 6.07) is 3.56. The van der Waals surface area contributed by atoms with Crippen LogP contribution in [-0.4, -0.2) is 35.6 Å². The van der Waals surface area contributed by atoms with Crippen LogP contribution < -0.4 is 10.5 Å². The molecule has 0 radical (unpaired) electrons. The molecule has 1 atom stereocenters. The van der Waals surface area contributed by atoms with Gasteiger partial charge in [-0.15, -0.1) is 0 Å². The van der Waals surface area contributed by atoms with Crippen LogP contribution in [0.3, 0.4) is 0 Å². The Balaban J connectivity index is 2.69. The number of imidazole rings is 1. The third-order valence-electron chi connectivity index (χ3n) is 2.80. The van der Waals surface area contributed by atoms with Crippen LogP contribution in [0.2, 0.25) is 0 Å². The van der Waals surface area contributed by atoms with E-state index in [2.05, 4.69) is 4.98 Å². The van der Waals surface area contributed by atoms with Crippen molar-refractivity contribution in [1.29, 1.82) is 0 Å². The Labute approximate surface area is 111 Å². The van der Waals surface area contributed by atoms with Gasteiger partial charge in [0.15, 0.2) is 5.69 Å². The van der Waals surface area contributed by atoms with Crippen molar-refractivity contribution in [3.05, 3.63) is 29.8 Å². The predicted octanol–water partition coefficient (Wildman–Crippen LogP) is 1.02. The number of pyridine rings is 1. The second kappa shape index (κ2) is 5.27. The lowest BCUT2D eigenvalue weighted by Crippen LogP contribution is -2.19. The largest absolute Gasteiger partial charge is 0.494 e. The minimum atomic E-state index is -0.488. The summed E-state index contributed by atoms with van der Waals surface area (Å²) in [5.74, 6) is 0.800. The molecular formula is C13H17N3O3. The third kappa shape index (κ3) is 2.39. The summed E-state index contributed by atoms with van der Waals surface area (Å²) in [5.41, 5.74) is 6.65. The second-order valence-electron chi connectivity index (χ2n) is 4.34. The quantitative estimate of drug-likeness (QED) is 0.833.